The summed E-state index contributed by atoms with van der Waals surface area (Å²) < 4.78 is 5.01. The summed E-state index contributed by atoms with van der Waals surface area (Å²) in [7, 11) is 1.42. The molecule has 0 aliphatic carbocycles. The van der Waals surface area contributed by atoms with E-state index in [9.17, 15) is 4.79 Å². The molecular formula is C32H29NO2. The topological polar surface area (TPSA) is 38.3 Å². The molecule has 0 fully saturated rings. The van der Waals surface area contributed by atoms with Gasteiger partial charge in [-0.2, -0.15) is 0 Å². The van der Waals surface area contributed by atoms with E-state index in [2.05, 4.69) is 97.2 Å². The Morgan fingerprint density at radius 3 is 2.34 bits per heavy atom. The SMILES string of the molecule is COC(=O)c1cc(-c2cc(CN[C@H](C)c3cccc4ccccc34)cc3ccccc23)ccc1C. The Balaban J connectivity index is 1.50. The van der Waals surface area contributed by atoms with E-state index < -0.39 is 0 Å². The molecule has 0 aromatic heterocycles. The molecule has 5 aromatic carbocycles. The minimum absolute atomic E-state index is 0.196. The number of hydrogen-bond donors (Lipinski definition) is 1. The molecule has 0 spiro atoms. The van der Waals surface area contributed by atoms with Crippen molar-refractivity contribution in [3.8, 4) is 11.1 Å². The summed E-state index contributed by atoms with van der Waals surface area (Å²) in [5, 5.41) is 8.61. The van der Waals surface area contributed by atoms with Crippen LogP contribution in [0.3, 0.4) is 0 Å². The molecule has 0 radical (unpaired) electrons. The molecule has 0 saturated carbocycles. The fraction of sp³-hybridized carbons (Fsp3) is 0.156. The summed E-state index contributed by atoms with van der Waals surface area (Å²) in [6.45, 7) is 4.88. The van der Waals surface area contributed by atoms with Gasteiger partial charge in [0.2, 0.25) is 0 Å². The fourth-order valence-electron chi connectivity index (χ4n) is 4.84. The number of rotatable bonds is 6. The molecule has 1 atom stereocenters. The predicted molar refractivity (Wildman–Crippen MR) is 145 cm³/mol. The van der Waals surface area contributed by atoms with Gasteiger partial charge >= 0.3 is 5.97 Å². The van der Waals surface area contributed by atoms with Crippen LogP contribution in [0.2, 0.25) is 0 Å². The number of benzene rings is 5. The van der Waals surface area contributed by atoms with Crippen LogP contribution in [0.4, 0.5) is 0 Å². The van der Waals surface area contributed by atoms with Gasteiger partial charge < -0.3 is 10.1 Å². The molecule has 0 unspecified atom stereocenters. The zero-order valence-electron chi connectivity index (χ0n) is 20.3. The summed E-state index contributed by atoms with van der Waals surface area (Å²) in [6.07, 6.45) is 0. The Labute approximate surface area is 206 Å². The first kappa shape index (κ1) is 22.8. The van der Waals surface area contributed by atoms with Crippen molar-refractivity contribution in [3.05, 3.63) is 119 Å². The maximum absolute atomic E-state index is 12.3. The number of esters is 1. The largest absolute Gasteiger partial charge is 0.465 e. The van der Waals surface area contributed by atoms with Gasteiger partial charge in [0, 0.05) is 12.6 Å². The summed E-state index contributed by atoms with van der Waals surface area (Å²) in [6, 6.07) is 34.1. The van der Waals surface area contributed by atoms with Gasteiger partial charge in [0.15, 0.2) is 0 Å². The zero-order chi connectivity index (χ0) is 24.4. The lowest BCUT2D eigenvalue weighted by molar-refractivity contribution is 0.0600. The Kier molecular flexibility index (Phi) is 6.35. The average Bonchev–Trinajstić information content (AvgIpc) is 2.90. The molecule has 3 heteroatoms. The number of fused-ring (bicyclic) bond motifs is 2. The first-order valence-electron chi connectivity index (χ1n) is 12.0. The molecule has 0 heterocycles. The number of carbonyl (C=O) groups is 1. The van der Waals surface area contributed by atoms with Gasteiger partial charge in [0.05, 0.1) is 12.7 Å². The van der Waals surface area contributed by atoms with E-state index in [0.717, 1.165) is 28.6 Å². The Morgan fingerprint density at radius 1 is 0.829 bits per heavy atom. The van der Waals surface area contributed by atoms with Crippen molar-refractivity contribution in [3.63, 3.8) is 0 Å². The predicted octanol–water partition coefficient (Wildman–Crippen LogP) is 7.61. The number of methoxy groups -OCH3 is 1. The maximum Gasteiger partial charge on any atom is 0.338 e. The van der Waals surface area contributed by atoms with Crippen LogP contribution in [-0.2, 0) is 11.3 Å². The molecule has 35 heavy (non-hydrogen) atoms. The van der Waals surface area contributed by atoms with Gasteiger partial charge in [-0.05, 0) is 81.4 Å². The van der Waals surface area contributed by atoms with E-state index in [1.807, 2.05) is 19.1 Å². The molecule has 3 nitrogen and oxygen atoms in total. The number of aryl methyl sites for hydroxylation is 1. The van der Waals surface area contributed by atoms with Crippen LogP contribution in [-0.4, -0.2) is 13.1 Å². The minimum atomic E-state index is -0.310. The first-order chi connectivity index (χ1) is 17.0. The third-order valence-electron chi connectivity index (χ3n) is 6.78. The molecular weight excluding hydrogens is 430 g/mol. The quantitative estimate of drug-likeness (QED) is 0.266. The minimum Gasteiger partial charge on any atom is -0.465 e. The van der Waals surface area contributed by atoms with E-state index >= 15 is 0 Å². The molecule has 0 saturated heterocycles. The van der Waals surface area contributed by atoms with E-state index in [1.54, 1.807) is 0 Å². The Morgan fingerprint density at radius 2 is 1.54 bits per heavy atom. The van der Waals surface area contributed by atoms with Crippen molar-refractivity contribution in [1.82, 2.24) is 5.32 Å². The lowest BCUT2D eigenvalue weighted by Gasteiger charge is -2.18. The standard InChI is InChI=1S/C32H29NO2/c1-21-15-16-26(19-30(21)32(34)35-3)31-18-23(17-25-10-5-7-13-29(25)31)20-33-22(2)27-14-8-11-24-9-4-6-12-28(24)27/h4-19,22,33H,20H2,1-3H3/t22-/m1/s1. The van der Waals surface area contributed by atoms with Crippen molar-refractivity contribution >= 4 is 27.5 Å². The molecule has 0 amide bonds. The third kappa shape index (κ3) is 4.55. The van der Waals surface area contributed by atoms with E-state index in [0.29, 0.717) is 5.56 Å². The number of ether oxygens (including phenoxy) is 1. The second-order valence-corrected chi connectivity index (χ2v) is 9.06. The zero-order valence-corrected chi connectivity index (χ0v) is 20.3. The number of hydrogen-bond acceptors (Lipinski definition) is 3. The van der Waals surface area contributed by atoms with Crippen LogP contribution in [0.25, 0.3) is 32.7 Å². The Bertz CT molecular complexity index is 1530. The van der Waals surface area contributed by atoms with Gasteiger partial charge in [-0.1, -0.05) is 78.9 Å². The van der Waals surface area contributed by atoms with Crippen LogP contribution < -0.4 is 5.32 Å². The highest BCUT2D eigenvalue weighted by atomic mass is 16.5. The highest BCUT2D eigenvalue weighted by Crippen LogP contribution is 2.32. The number of carbonyl (C=O) groups excluding carboxylic acids is 1. The molecule has 0 aliphatic heterocycles. The van der Waals surface area contributed by atoms with Gasteiger partial charge in [-0.25, -0.2) is 4.79 Å². The molecule has 0 aliphatic rings. The van der Waals surface area contributed by atoms with E-state index in [1.165, 1.54) is 34.4 Å². The molecule has 5 rings (SSSR count). The normalized spacial score (nSPS) is 12.1. The van der Waals surface area contributed by atoms with Gasteiger partial charge in [0.25, 0.3) is 0 Å². The van der Waals surface area contributed by atoms with E-state index in [-0.39, 0.29) is 12.0 Å². The van der Waals surface area contributed by atoms with Gasteiger partial charge in [-0.15, -0.1) is 0 Å². The van der Waals surface area contributed by atoms with Crippen molar-refractivity contribution in [2.24, 2.45) is 0 Å². The van der Waals surface area contributed by atoms with Crippen LogP contribution in [0.1, 0.15) is 40.0 Å². The average molecular weight is 460 g/mol. The maximum atomic E-state index is 12.3. The van der Waals surface area contributed by atoms with Gasteiger partial charge in [-0.3, -0.25) is 0 Å². The third-order valence-corrected chi connectivity index (χ3v) is 6.78. The Hall–Kier alpha value is -3.95. The highest BCUT2D eigenvalue weighted by Gasteiger charge is 2.14. The summed E-state index contributed by atoms with van der Waals surface area (Å²) in [5.41, 5.74) is 6.13. The summed E-state index contributed by atoms with van der Waals surface area (Å²) >= 11 is 0. The van der Waals surface area contributed by atoms with Crippen molar-refractivity contribution in [2.75, 3.05) is 7.11 Å². The lowest BCUT2D eigenvalue weighted by atomic mass is 9.93. The van der Waals surface area contributed by atoms with Gasteiger partial charge in [0.1, 0.15) is 0 Å². The molecule has 1 N–H and O–H groups in total. The van der Waals surface area contributed by atoms with Crippen LogP contribution in [0, 0.1) is 6.92 Å². The molecule has 0 bridgehead atoms. The smallest absolute Gasteiger partial charge is 0.338 e. The summed E-state index contributed by atoms with van der Waals surface area (Å²) in [4.78, 5) is 12.3. The first-order valence-corrected chi connectivity index (χ1v) is 12.0. The van der Waals surface area contributed by atoms with Crippen molar-refractivity contribution in [2.45, 2.75) is 26.4 Å². The van der Waals surface area contributed by atoms with Crippen LogP contribution >= 0.6 is 0 Å². The monoisotopic (exact) mass is 459 g/mol. The van der Waals surface area contributed by atoms with Crippen molar-refractivity contribution in [1.29, 1.82) is 0 Å². The molecule has 174 valence electrons. The lowest BCUT2D eigenvalue weighted by Crippen LogP contribution is -2.18. The summed E-state index contributed by atoms with van der Waals surface area (Å²) in [5.74, 6) is -0.310. The highest BCUT2D eigenvalue weighted by molar-refractivity contribution is 5.99. The second-order valence-electron chi connectivity index (χ2n) is 9.06. The number of nitrogens with one attached hydrogen (secondary N) is 1. The second kappa shape index (κ2) is 9.73. The van der Waals surface area contributed by atoms with Crippen LogP contribution in [0.5, 0.6) is 0 Å². The molecule has 5 aromatic rings. The van der Waals surface area contributed by atoms with E-state index in [4.69, 9.17) is 4.74 Å². The fourth-order valence-corrected chi connectivity index (χ4v) is 4.84. The van der Waals surface area contributed by atoms with Crippen LogP contribution in [0.15, 0.2) is 97.1 Å². The van der Waals surface area contributed by atoms with Crippen molar-refractivity contribution < 1.29 is 9.53 Å².